The van der Waals surface area contributed by atoms with Crippen molar-refractivity contribution in [2.45, 2.75) is 90.9 Å². The third-order valence-corrected chi connectivity index (χ3v) is 6.23. The van der Waals surface area contributed by atoms with Gasteiger partial charge in [0, 0.05) is 0 Å². The van der Waals surface area contributed by atoms with Gasteiger partial charge >= 0.3 is 0 Å². The average Bonchev–Trinajstić information content (AvgIpc) is 2.92. The Labute approximate surface area is 217 Å². The minimum atomic E-state index is 0.636. The number of unbranched alkanes of at least 4 members (excludes halogenated alkanes) is 7. The van der Waals surface area contributed by atoms with E-state index in [9.17, 15) is 10.4 Å². The van der Waals surface area contributed by atoms with E-state index >= 15 is 0 Å². The number of rotatable bonds is 19. The van der Waals surface area contributed by atoms with Gasteiger partial charge in [-0.05, 0) is 98.2 Å². The lowest BCUT2D eigenvalue weighted by Gasteiger charge is -2.09. The Balaban J connectivity index is 1.73. The van der Waals surface area contributed by atoms with Gasteiger partial charge in [0.25, 0.3) is 0 Å². The fourth-order valence-corrected chi connectivity index (χ4v) is 4.01. The molecule has 0 atom stereocenters. The molecule has 0 aliphatic carbocycles. The Morgan fingerprint density at radius 1 is 0.556 bits per heavy atom. The summed E-state index contributed by atoms with van der Waals surface area (Å²) in [5.41, 5.74) is 3.06. The summed E-state index contributed by atoms with van der Waals surface area (Å²) < 4.78 is 11.6. The molecular formula is C30H44N2O4. The van der Waals surface area contributed by atoms with Gasteiger partial charge in [0.05, 0.1) is 24.6 Å². The number of oxime groups is 2. The largest absolute Gasteiger partial charge is 0.494 e. The first-order valence-electron chi connectivity index (χ1n) is 13.6. The lowest BCUT2D eigenvalue weighted by atomic mass is 10.0. The lowest BCUT2D eigenvalue weighted by Crippen LogP contribution is -2.05. The highest BCUT2D eigenvalue weighted by Crippen LogP contribution is 2.18. The second kappa shape index (κ2) is 18.3. The van der Waals surface area contributed by atoms with Crippen LogP contribution < -0.4 is 9.47 Å². The van der Waals surface area contributed by atoms with Crippen LogP contribution in [-0.2, 0) is 0 Å². The molecule has 198 valence electrons. The third-order valence-electron chi connectivity index (χ3n) is 6.23. The summed E-state index contributed by atoms with van der Waals surface area (Å²) in [5.74, 6) is 1.67. The summed E-state index contributed by atoms with van der Waals surface area (Å²) in [5, 5.41) is 26.1. The summed E-state index contributed by atoms with van der Waals surface area (Å²) >= 11 is 0. The smallest absolute Gasteiger partial charge is 0.119 e. The zero-order valence-electron chi connectivity index (χ0n) is 22.1. The van der Waals surface area contributed by atoms with Crippen molar-refractivity contribution < 1.29 is 19.9 Å². The second-order valence-corrected chi connectivity index (χ2v) is 9.17. The summed E-state index contributed by atoms with van der Waals surface area (Å²) in [4.78, 5) is 0. The van der Waals surface area contributed by atoms with Crippen LogP contribution >= 0.6 is 0 Å². The monoisotopic (exact) mass is 496 g/mol. The average molecular weight is 497 g/mol. The van der Waals surface area contributed by atoms with Crippen molar-refractivity contribution in [2.75, 3.05) is 13.2 Å². The highest BCUT2D eigenvalue weighted by molar-refractivity contribution is 6.01. The maximum Gasteiger partial charge on any atom is 0.119 e. The first-order chi connectivity index (χ1) is 17.7. The molecule has 0 aliphatic heterocycles. The van der Waals surface area contributed by atoms with Gasteiger partial charge in [0.2, 0.25) is 0 Å². The molecule has 0 bridgehead atoms. The predicted octanol–water partition coefficient (Wildman–Crippen LogP) is 8.22. The van der Waals surface area contributed by atoms with Gasteiger partial charge in [-0.2, -0.15) is 0 Å². The SMILES string of the molecule is CCCCCCOc1ccc(/C(CCCC/C(=N/O)c2ccc(OCCCCCC)cc2)=N\O)cc1. The molecule has 6 nitrogen and oxygen atoms in total. The van der Waals surface area contributed by atoms with Crippen molar-refractivity contribution >= 4 is 11.4 Å². The van der Waals surface area contributed by atoms with Crippen LogP contribution in [0.25, 0.3) is 0 Å². The van der Waals surface area contributed by atoms with Gasteiger partial charge in [0.15, 0.2) is 0 Å². The van der Waals surface area contributed by atoms with Crippen molar-refractivity contribution in [1.29, 1.82) is 0 Å². The van der Waals surface area contributed by atoms with E-state index in [0.717, 1.165) is 61.5 Å². The van der Waals surface area contributed by atoms with Gasteiger partial charge in [-0.1, -0.05) is 62.7 Å². The van der Waals surface area contributed by atoms with Crippen molar-refractivity contribution in [3.63, 3.8) is 0 Å². The minimum absolute atomic E-state index is 0.636. The van der Waals surface area contributed by atoms with E-state index in [1.165, 1.54) is 38.5 Å². The van der Waals surface area contributed by atoms with Crippen LogP contribution in [0.1, 0.15) is 102 Å². The van der Waals surface area contributed by atoms with Crippen LogP contribution in [0, 0.1) is 0 Å². The molecule has 2 aromatic carbocycles. The molecule has 6 heteroatoms. The number of benzene rings is 2. The zero-order chi connectivity index (χ0) is 25.8. The maximum absolute atomic E-state index is 9.52. The molecule has 0 radical (unpaired) electrons. The molecule has 0 amide bonds. The van der Waals surface area contributed by atoms with Crippen LogP contribution in [0.15, 0.2) is 58.8 Å². The Kier molecular flexibility index (Phi) is 14.8. The van der Waals surface area contributed by atoms with Crippen LogP contribution in [-0.4, -0.2) is 35.1 Å². The van der Waals surface area contributed by atoms with E-state index in [2.05, 4.69) is 24.2 Å². The Hall–Kier alpha value is -3.02. The van der Waals surface area contributed by atoms with Gasteiger partial charge < -0.3 is 19.9 Å². The van der Waals surface area contributed by atoms with E-state index in [1.54, 1.807) is 0 Å². The van der Waals surface area contributed by atoms with Crippen molar-refractivity contribution in [2.24, 2.45) is 10.3 Å². The van der Waals surface area contributed by atoms with Crippen LogP contribution in [0.4, 0.5) is 0 Å². The van der Waals surface area contributed by atoms with Gasteiger partial charge in [0.1, 0.15) is 11.5 Å². The maximum atomic E-state index is 9.52. The van der Waals surface area contributed by atoms with Gasteiger partial charge in [-0.25, -0.2) is 0 Å². The van der Waals surface area contributed by atoms with Gasteiger partial charge in [-0.15, -0.1) is 0 Å². The molecule has 2 aromatic rings. The van der Waals surface area contributed by atoms with E-state index < -0.39 is 0 Å². The third kappa shape index (κ3) is 11.1. The fourth-order valence-electron chi connectivity index (χ4n) is 4.01. The number of ether oxygens (including phenoxy) is 2. The van der Waals surface area contributed by atoms with Gasteiger partial charge in [-0.3, -0.25) is 0 Å². The molecule has 0 saturated heterocycles. The zero-order valence-corrected chi connectivity index (χ0v) is 22.1. The van der Waals surface area contributed by atoms with Crippen LogP contribution in [0.2, 0.25) is 0 Å². The molecule has 0 saturated carbocycles. The minimum Gasteiger partial charge on any atom is -0.494 e. The van der Waals surface area contributed by atoms with E-state index in [-0.39, 0.29) is 0 Å². The topological polar surface area (TPSA) is 83.6 Å². The molecule has 0 aliphatic rings. The van der Waals surface area contributed by atoms with Crippen molar-refractivity contribution in [3.8, 4) is 11.5 Å². The van der Waals surface area contributed by atoms with Crippen molar-refractivity contribution in [3.05, 3.63) is 59.7 Å². The van der Waals surface area contributed by atoms with Crippen molar-refractivity contribution in [1.82, 2.24) is 0 Å². The Bertz CT molecular complexity index is 817. The number of hydrogen-bond acceptors (Lipinski definition) is 6. The summed E-state index contributed by atoms with van der Waals surface area (Å²) in [6.45, 7) is 5.85. The summed E-state index contributed by atoms with van der Waals surface area (Å²) in [6, 6.07) is 15.4. The predicted molar refractivity (Wildman–Crippen MR) is 147 cm³/mol. The first-order valence-corrected chi connectivity index (χ1v) is 13.6. The van der Waals surface area contributed by atoms with Crippen LogP contribution in [0.3, 0.4) is 0 Å². The lowest BCUT2D eigenvalue weighted by molar-refractivity contribution is 0.305. The normalized spacial score (nSPS) is 12.1. The van der Waals surface area contributed by atoms with E-state index in [4.69, 9.17) is 9.47 Å². The fraction of sp³-hybridized carbons (Fsp3) is 0.533. The molecule has 0 aromatic heterocycles. The van der Waals surface area contributed by atoms with E-state index in [0.29, 0.717) is 24.3 Å². The molecule has 0 unspecified atom stereocenters. The first kappa shape index (κ1) is 29.2. The number of hydrogen-bond donors (Lipinski definition) is 2. The highest BCUT2D eigenvalue weighted by atomic mass is 16.5. The van der Waals surface area contributed by atoms with E-state index in [1.807, 2.05) is 48.5 Å². The molecule has 2 rings (SSSR count). The second-order valence-electron chi connectivity index (χ2n) is 9.17. The molecule has 0 fully saturated rings. The Morgan fingerprint density at radius 3 is 1.28 bits per heavy atom. The number of nitrogens with zero attached hydrogens (tertiary/aromatic N) is 2. The summed E-state index contributed by atoms with van der Waals surface area (Å²) in [7, 11) is 0. The standard InChI is InChI=1S/C30H44N2O4/c1-3-5-7-11-23-35-27-19-15-25(16-20-27)29(31-33)13-9-10-14-30(32-34)26-17-21-28(22-18-26)36-24-12-8-6-4-2/h15-22,33-34H,3-14,23-24H2,1-2H3/b31-29-,32-30-. The Morgan fingerprint density at radius 2 is 0.944 bits per heavy atom. The summed E-state index contributed by atoms with van der Waals surface area (Å²) in [6.07, 6.45) is 12.3. The molecule has 36 heavy (non-hydrogen) atoms. The molecular weight excluding hydrogens is 452 g/mol. The molecule has 0 heterocycles. The molecule has 2 N–H and O–H groups in total. The molecule has 0 spiro atoms. The quantitative estimate of drug-likeness (QED) is 0.0888. The highest BCUT2D eigenvalue weighted by Gasteiger charge is 2.09. The van der Waals surface area contributed by atoms with Crippen LogP contribution in [0.5, 0.6) is 11.5 Å².